The maximum absolute atomic E-state index is 12.7. The minimum Gasteiger partial charge on any atom is -0.481 e. The third kappa shape index (κ3) is 2.76. The monoisotopic (exact) mass is 337 g/mol. The fraction of sp³-hybridized carbons (Fsp3) is 0.300. The number of furan rings is 1. The van der Waals surface area contributed by atoms with Crippen LogP contribution in [0.2, 0.25) is 0 Å². The number of allylic oxidation sites excluding steroid dienone is 2. The predicted octanol–water partition coefficient (Wildman–Crippen LogP) is 3.72. The number of carbonyl (C=O) groups is 2. The predicted molar refractivity (Wildman–Crippen MR) is 92.9 cm³/mol. The van der Waals surface area contributed by atoms with Gasteiger partial charge in [0.05, 0.1) is 11.8 Å². The molecule has 4 rings (SSSR count). The van der Waals surface area contributed by atoms with Crippen molar-refractivity contribution in [1.82, 2.24) is 0 Å². The Balaban J connectivity index is 1.55. The lowest BCUT2D eigenvalue weighted by atomic mass is 9.82. The molecule has 1 amide bonds. The number of hydrogen-bond donors (Lipinski definition) is 2. The van der Waals surface area contributed by atoms with E-state index in [1.54, 1.807) is 6.07 Å². The molecule has 5 heteroatoms. The first kappa shape index (κ1) is 15.7. The maximum Gasteiger partial charge on any atom is 0.307 e. The number of aryl methyl sites for hydroxylation is 1. The molecule has 0 radical (unpaired) electrons. The van der Waals surface area contributed by atoms with Crippen molar-refractivity contribution in [3.8, 4) is 11.3 Å². The summed E-state index contributed by atoms with van der Waals surface area (Å²) in [7, 11) is 0. The van der Waals surface area contributed by atoms with E-state index in [2.05, 4.69) is 5.32 Å². The molecule has 1 aromatic heterocycles. The van der Waals surface area contributed by atoms with Gasteiger partial charge in [0, 0.05) is 11.3 Å². The van der Waals surface area contributed by atoms with Gasteiger partial charge in [-0.3, -0.25) is 9.59 Å². The van der Waals surface area contributed by atoms with E-state index in [0.717, 1.165) is 23.5 Å². The summed E-state index contributed by atoms with van der Waals surface area (Å²) in [6, 6.07) is 11.2. The van der Waals surface area contributed by atoms with Crippen LogP contribution in [0.25, 0.3) is 11.3 Å². The van der Waals surface area contributed by atoms with Crippen molar-refractivity contribution in [3.05, 3.63) is 54.3 Å². The summed E-state index contributed by atoms with van der Waals surface area (Å²) >= 11 is 0. The zero-order valence-corrected chi connectivity index (χ0v) is 13.8. The molecule has 2 aliphatic carbocycles. The molecule has 0 saturated heterocycles. The number of rotatable bonds is 4. The number of fused-ring (bicyclic) bond motifs is 2. The number of hydrogen-bond acceptors (Lipinski definition) is 3. The lowest BCUT2D eigenvalue weighted by Crippen LogP contribution is -2.36. The summed E-state index contributed by atoms with van der Waals surface area (Å²) in [4.78, 5) is 24.3. The summed E-state index contributed by atoms with van der Waals surface area (Å²) in [6.07, 6.45) is 4.67. The molecule has 5 nitrogen and oxygen atoms in total. The van der Waals surface area contributed by atoms with Crippen LogP contribution in [0.5, 0.6) is 0 Å². The van der Waals surface area contributed by atoms with Crippen molar-refractivity contribution in [1.29, 1.82) is 0 Å². The highest BCUT2D eigenvalue weighted by Gasteiger charge is 2.51. The number of anilines is 1. The Morgan fingerprint density at radius 3 is 2.56 bits per heavy atom. The lowest BCUT2D eigenvalue weighted by Gasteiger charge is -2.23. The molecule has 2 bridgehead atoms. The van der Waals surface area contributed by atoms with Crippen molar-refractivity contribution >= 4 is 17.6 Å². The summed E-state index contributed by atoms with van der Waals surface area (Å²) in [5.41, 5.74) is 1.51. The number of nitrogens with one attached hydrogen (secondary N) is 1. The first-order valence-electron chi connectivity index (χ1n) is 8.42. The second kappa shape index (κ2) is 5.92. The van der Waals surface area contributed by atoms with Crippen LogP contribution < -0.4 is 5.32 Å². The Morgan fingerprint density at radius 1 is 1.12 bits per heavy atom. The molecule has 1 saturated carbocycles. The van der Waals surface area contributed by atoms with Gasteiger partial charge in [0.15, 0.2) is 0 Å². The van der Waals surface area contributed by atoms with E-state index in [4.69, 9.17) is 4.42 Å². The van der Waals surface area contributed by atoms with Gasteiger partial charge in [0.25, 0.3) is 0 Å². The molecule has 4 atom stereocenters. The van der Waals surface area contributed by atoms with Crippen LogP contribution >= 0.6 is 0 Å². The molecule has 0 aliphatic heterocycles. The number of carbonyl (C=O) groups excluding carboxylic acids is 1. The lowest BCUT2D eigenvalue weighted by molar-refractivity contribution is -0.146. The van der Waals surface area contributed by atoms with Crippen LogP contribution in [-0.2, 0) is 9.59 Å². The molecular formula is C20H19NO4. The van der Waals surface area contributed by atoms with Crippen LogP contribution in [0.4, 0.5) is 5.69 Å². The van der Waals surface area contributed by atoms with Crippen molar-refractivity contribution in [2.24, 2.45) is 23.7 Å². The number of carboxylic acid groups (broad SMARTS) is 1. The number of amides is 1. The maximum atomic E-state index is 12.7. The van der Waals surface area contributed by atoms with Gasteiger partial charge in [-0.1, -0.05) is 24.3 Å². The largest absolute Gasteiger partial charge is 0.481 e. The highest BCUT2D eigenvalue weighted by atomic mass is 16.4. The van der Waals surface area contributed by atoms with Crippen molar-refractivity contribution in [2.45, 2.75) is 13.3 Å². The quantitative estimate of drug-likeness (QED) is 0.834. The normalized spacial score (nSPS) is 26.8. The van der Waals surface area contributed by atoms with Gasteiger partial charge < -0.3 is 14.8 Å². The molecule has 2 unspecified atom stereocenters. The Bertz CT molecular complexity index is 866. The number of benzene rings is 1. The molecule has 128 valence electrons. The van der Waals surface area contributed by atoms with E-state index >= 15 is 0 Å². The van der Waals surface area contributed by atoms with Gasteiger partial charge in [-0.2, -0.15) is 0 Å². The summed E-state index contributed by atoms with van der Waals surface area (Å²) < 4.78 is 5.62. The van der Waals surface area contributed by atoms with Gasteiger partial charge in [0.2, 0.25) is 5.91 Å². The van der Waals surface area contributed by atoms with Crippen LogP contribution in [0.3, 0.4) is 0 Å². The van der Waals surface area contributed by atoms with E-state index in [0.29, 0.717) is 5.69 Å². The van der Waals surface area contributed by atoms with Gasteiger partial charge in [0.1, 0.15) is 11.5 Å². The average molecular weight is 337 g/mol. The topological polar surface area (TPSA) is 79.5 Å². The molecular weight excluding hydrogens is 318 g/mol. The van der Waals surface area contributed by atoms with Gasteiger partial charge in [-0.15, -0.1) is 0 Å². The summed E-state index contributed by atoms with van der Waals surface area (Å²) in [5, 5.41) is 12.4. The van der Waals surface area contributed by atoms with Gasteiger partial charge >= 0.3 is 5.97 Å². The van der Waals surface area contributed by atoms with Crippen LogP contribution in [-0.4, -0.2) is 17.0 Å². The fourth-order valence-electron chi connectivity index (χ4n) is 4.08. The SMILES string of the molecule is Cc1ccc(-c2cccc(NC(=O)C3C(C(=O)O)[C@H]4C=C[C@@H]3C4)c2)o1. The highest BCUT2D eigenvalue weighted by molar-refractivity contribution is 5.96. The van der Waals surface area contributed by atoms with E-state index in [9.17, 15) is 14.7 Å². The number of aliphatic carboxylic acids is 1. The average Bonchev–Trinajstić information content (AvgIpc) is 3.30. The van der Waals surface area contributed by atoms with E-state index in [-0.39, 0.29) is 17.7 Å². The Hall–Kier alpha value is -2.82. The summed E-state index contributed by atoms with van der Waals surface area (Å²) in [6.45, 7) is 1.88. The second-order valence-electron chi connectivity index (χ2n) is 6.82. The third-order valence-corrected chi connectivity index (χ3v) is 5.20. The van der Waals surface area contributed by atoms with Crippen LogP contribution in [0.1, 0.15) is 12.2 Å². The minimum atomic E-state index is -0.892. The van der Waals surface area contributed by atoms with E-state index in [1.165, 1.54) is 0 Å². The third-order valence-electron chi connectivity index (χ3n) is 5.20. The van der Waals surface area contributed by atoms with Crippen molar-refractivity contribution in [3.63, 3.8) is 0 Å². The summed E-state index contributed by atoms with van der Waals surface area (Å²) in [5.74, 6) is -0.721. The fourth-order valence-corrected chi connectivity index (χ4v) is 4.08. The van der Waals surface area contributed by atoms with Crippen molar-refractivity contribution < 1.29 is 19.1 Å². The van der Waals surface area contributed by atoms with Crippen LogP contribution in [0, 0.1) is 30.6 Å². The van der Waals surface area contributed by atoms with E-state index < -0.39 is 17.8 Å². The molecule has 2 aromatic rings. The van der Waals surface area contributed by atoms with E-state index in [1.807, 2.05) is 49.4 Å². The van der Waals surface area contributed by atoms with Gasteiger partial charge in [-0.25, -0.2) is 0 Å². The zero-order chi connectivity index (χ0) is 17.6. The van der Waals surface area contributed by atoms with Crippen LogP contribution in [0.15, 0.2) is 53.0 Å². The molecule has 25 heavy (non-hydrogen) atoms. The zero-order valence-electron chi connectivity index (χ0n) is 13.8. The minimum absolute atomic E-state index is 0.0157. The molecule has 2 N–H and O–H groups in total. The highest BCUT2D eigenvalue weighted by Crippen LogP contribution is 2.48. The van der Waals surface area contributed by atoms with Crippen molar-refractivity contribution in [2.75, 3.05) is 5.32 Å². The molecule has 2 aliphatic rings. The smallest absolute Gasteiger partial charge is 0.307 e. The number of carboxylic acids is 1. The Labute approximate surface area is 145 Å². The molecule has 0 spiro atoms. The Morgan fingerprint density at radius 2 is 1.88 bits per heavy atom. The molecule has 1 aromatic carbocycles. The standard InChI is InChI=1S/C20H19NO4/c1-11-5-8-16(25-11)12-3-2-4-15(10-12)21-19(22)17-13-6-7-14(9-13)18(17)20(23)24/h2-8,10,13-14,17-18H,9H2,1H3,(H,21,22)(H,23,24)/t13-,14+,17?,18?/m1/s1. The Kier molecular flexibility index (Phi) is 3.71. The van der Waals surface area contributed by atoms with Gasteiger partial charge in [-0.05, 0) is 49.4 Å². The first-order valence-corrected chi connectivity index (χ1v) is 8.42. The first-order chi connectivity index (χ1) is 12.0. The molecule has 1 fully saturated rings. The second-order valence-corrected chi connectivity index (χ2v) is 6.82. The molecule has 1 heterocycles.